The Morgan fingerprint density at radius 3 is 3.06 bits per heavy atom. The zero-order valence-electron chi connectivity index (χ0n) is 10.9. The fraction of sp³-hybridized carbons (Fsp3) is 0.533. The largest absolute Gasteiger partial charge is 0.337 e. The Bertz CT molecular complexity index is 458. The third kappa shape index (κ3) is 1.93. The van der Waals surface area contributed by atoms with Crippen LogP contribution in [0.25, 0.3) is 0 Å². The molecule has 2 atom stereocenters. The Balaban J connectivity index is 1.82. The van der Waals surface area contributed by atoms with Crippen LogP contribution >= 0.6 is 0 Å². The number of carbonyl (C=O) groups is 1. The van der Waals surface area contributed by atoms with E-state index in [2.05, 4.69) is 35.3 Å². The van der Waals surface area contributed by atoms with Crippen LogP contribution in [0.2, 0.25) is 0 Å². The Morgan fingerprint density at radius 2 is 2.22 bits per heavy atom. The first-order valence-electron chi connectivity index (χ1n) is 6.86. The molecule has 1 fully saturated rings. The lowest BCUT2D eigenvalue weighted by atomic mass is 9.98. The van der Waals surface area contributed by atoms with Crippen LogP contribution in [0.5, 0.6) is 0 Å². The summed E-state index contributed by atoms with van der Waals surface area (Å²) in [5, 5.41) is 3.34. The van der Waals surface area contributed by atoms with Gasteiger partial charge in [-0.25, -0.2) is 0 Å². The molecule has 18 heavy (non-hydrogen) atoms. The van der Waals surface area contributed by atoms with Gasteiger partial charge in [0.05, 0.1) is 5.92 Å². The second-order valence-corrected chi connectivity index (χ2v) is 5.37. The summed E-state index contributed by atoms with van der Waals surface area (Å²) in [6.45, 7) is 4.81. The number of hydrogen-bond donors (Lipinski definition) is 1. The van der Waals surface area contributed by atoms with E-state index in [4.69, 9.17) is 0 Å². The Kier molecular flexibility index (Phi) is 3.08. The molecule has 3 rings (SSSR count). The van der Waals surface area contributed by atoms with Gasteiger partial charge >= 0.3 is 0 Å². The van der Waals surface area contributed by atoms with Crippen molar-refractivity contribution in [3.63, 3.8) is 0 Å². The van der Waals surface area contributed by atoms with E-state index in [1.807, 2.05) is 6.07 Å². The molecule has 0 bridgehead atoms. The number of nitrogens with zero attached hydrogens (tertiary/aromatic N) is 1. The summed E-state index contributed by atoms with van der Waals surface area (Å²) in [4.78, 5) is 14.7. The molecule has 0 spiro atoms. The minimum absolute atomic E-state index is 0.0988. The first kappa shape index (κ1) is 11.7. The molecule has 0 aromatic heterocycles. The number of amides is 1. The highest BCUT2D eigenvalue weighted by Crippen LogP contribution is 2.34. The highest BCUT2D eigenvalue weighted by Gasteiger charge is 2.33. The zero-order chi connectivity index (χ0) is 12.5. The molecule has 3 nitrogen and oxygen atoms in total. The molecular weight excluding hydrogens is 224 g/mol. The van der Waals surface area contributed by atoms with Crippen LogP contribution in [0.4, 0.5) is 0 Å². The van der Waals surface area contributed by atoms with Crippen LogP contribution < -0.4 is 5.32 Å². The fourth-order valence-electron chi connectivity index (χ4n) is 3.18. The first-order valence-corrected chi connectivity index (χ1v) is 6.86. The molecular formula is C15H20N2O. The minimum atomic E-state index is 0.0988. The molecule has 1 N–H and O–H groups in total. The summed E-state index contributed by atoms with van der Waals surface area (Å²) in [6, 6.07) is 8.71. The van der Waals surface area contributed by atoms with E-state index in [-0.39, 0.29) is 5.92 Å². The van der Waals surface area contributed by atoms with Gasteiger partial charge in [0.2, 0.25) is 5.91 Å². The van der Waals surface area contributed by atoms with Crippen LogP contribution in [-0.2, 0) is 11.2 Å². The maximum atomic E-state index is 12.7. The van der Waals surface area contributed by atoms with E-state index in [1.165, 1.54) is 11.1 Å². The zero-order valence-corrected chi connectivity index (χ0v) is 10.9. The average Bonchev–Trinajstić information content (AvgIpc) is 2.82. The molecule has 1 aliphatic heterocycles. The highest BCUT2D eigenvalue weighted by atomic mass is 16.2. The van der Waals surface area contributed by atoms with Gasteiger partial charge < -0.3 is 10.2 Å². The van der Waals surface area contributed by atoms with Gasteiger partial charge in [-0.1, -0.05) is 24.3 Å². The highest BCUT2D eigenvalue weighted by molar-refractivity contribution is 5.85. The molecule has 1 heterocycles. The van der Waals surface area contributed by atoms with Crippen molar-refractivity contribution in [2.75, 3.05) is 19.6 Å². The van der Waals surface area contributed by atoms with Crippen LogP contribution in [-0.4, -0.2) is 36.5 Å². The molecule has 3 heteroatoms. The quantitative estimate of drug-likeness (QED) is 0.812. The number of nitrogens with one attached hydrogen (secondary N) is 1. The molecule has 1 aliphatic carbocycles. The van der Waals surface area contributed by atoms with Crippen molar-refractivity contribution >= 4 is 5.91 Å². The van der Waals surface area contributed by atoms with Crippen LogP contribution in [0.1, 0.15) is 30.4 Å². The molecule has 1 saturated heterocycles. The lowest BCUT2D eigenvalue weighted by Gasteiger charge is -2.35. The van der Waals surface area contributed by atoms with E-state index >= 15 is 0 Å². The predicted molar refractivity (Wildman–Crippen MR) is 71.5 cm³/mol. The van der Waals surface area contributed by atoms with Gasteiger partial charge in [-0.3, -0.25) is 4.79 Å². The standard InChI is InChI=1S/C15H20N2O/c1-11-10-16-8-9-17(11)15(18)14-7-6-12-4-2-3-5-13(12)14/h2-5,11,14,16H,6-10H2,1H3/t11-,14?/m0/s1. The van der Waals surface area contributed by atoms with E-state index in [0.29, 0.717) is 11.9 Å². The topological polar surface area (TPSA) is 32.3 Å². The Morgan fingerprint density at radius 1 is 1.39 bits per heavy atom. The smallest absolute Gasteiger partial charge is 0.230 e. The monoisotopic (exact) mass is 244 g/mol. The third-order valence-electron chi connectivity index (χ3n) is 4.22. The van der Waals surface area contributed by atoms with Crippen LogP contribution in [0, 0.1) is 0 Å². The predicted octanol–water partition coefficient (Wildman–Crippen LogP) is 1.54. The number of hydrogen-bond acceptors (Lipinski definition) is 2. The molecule has 1 aromatic rings. The van der Waals surface area contributed by atoms with Gasteiger partial charge in [-0.15, -0.1) is 0 Å². The molecule has 2 aliphatic rings. The van der Waals surface area contributed by atoms with Gasteiger partial charge in [0.1, 0.15) is 0 Å². The summed E-state index contributed by atoms with van der Waals surface area (Å²) in [5.41, 5.74) is 2.62. The molecule has 1 amide bonds. The van der Waals surface area contributed by atoms with Gasteiger partial charge in [-0.2, -0.15) is 0 Å². The van der Waals surface area contributed by atoms with E-state index in [0.717, 1.165) is 32.5 Å². The van der Waals surface area contributed by atoms with Crippen molar-refractivity contribution in [2.45, 2.75) is 31.7 Å². The van der Waals surface area contributed by atoms with Crippen molar-refractivity contribution in [1.29, 1.82) is 0 Å². The average molecular weight is 244 g/mol. The second kappa shape index (κ2) is 4.73. The minimum Gasteiger partial charge on any atom is -0.337 e. The van der Waals surface area contributed by atoms with Crippen molar-refractivity contribution in [3.8, 4) is 0 Å². The molecule has 1 aromatic carbocycles. The lowest BCUT2D eigenvalue weighted by molar-refractivity contribution is -0.135. The first-order chi connectivity index (χ1) is 8.77. The van der Waals surface area contributed by atoms with Gasteiger partial charge in [0, 0.05) is 25.7 Å². The van der Waals surface area contributed by atoms with Crippen molar-refractivity contribution in [2.24, 2.45) is 0 Å². The maximum Gasteiger partial charge on any atom is 0.230 e. The number of rotatable bonds is 1. The summed E-state index contributed by atoms with van der Waals surface area (Å²) in [7, 11) is 0. The van der Waals surface area contributed by atoms with Crippen molar-refractivity contribution < 1.29 is 4.79 Å². The van der Waals surface area contributed by atoms with E-state index in [9.17, 15) is 4.79 Å². The SMILES string of the molecule is C[C@H]1CNCCN1C(=O)C1CCc2ccccc21. The lowest BCUT2D eigenvalue weighted by Crippen LogP contribution is -2.53. The van der Waals surface area contributed by atoms with E-state index < -0.39 is 0 Å². The van der Waals surface area contributed by atoms with Crippen molar-refractivity contribution in [3.05, 3.63) is 35.4 Å². The normalized spacial score (nSPS) is 27.1. The van der Waals surface area contributed by atoms with E-state index in [1.54, 1.807) is 0 Å². The molecule has 0 saturated carbocycles. The molecule has 0 radical (unpaired) electrons. The number of fused-ring (bicyclic) bond motifs is 1. The van der Waals surface area contributed by atoms with Crippen molar-refractivity contribution in [1.82, 2.24) is 10.2 Å². The Labute approximate surface area is 108 Å². The second-order valence-electron chi connectivity index (χ2n) is 5.37. The summed E-state index contributed by atoms with van der Waals surface area (Å²) in [6.07, 6.45) is 2.03. The van der Waals surface area contributed by atoms with Gasteiger partial charge in [0.25, 0.3) is 0 Å². The number of aryl methyl sites for hydroxylation is 1. The molecule has 1 unspecified atom stereocenters. The molecule has 96 valence electrons. The summed E-state index contributed by atoms with van der Waals surface area (Å²) < 4.78 is 0. The number of benzene rings is 1. The summed E-state index contributed by atoms with van der Waals surface area (Å²) in [5.74, 6) is 0.427. The van der Waals surface area contributed by atoms with Crippen LogP contribution in [0.15, 0.2) is 24.3 Å². The number of piperazine rings is 1. The fourth-order valence-corrected chi connectivity index (χ4v) is 3.18. The van der Waals surface area contributed by atoms with Gasteiger partial charge in [0.15, 0.2) is 0 Å². The maximum absolute atomic E-state index is 12.7. The van der Waals surface area contributed by atoms with Crippen LogP contribution in [0.3, 0.4) is 0 Å². The van der Waals surface area contributed by atoms with Gasteiger partial charge in [-0.05, 0) is 30.9 Å². The number of carbonyl (C=O) groups excluding carboxylic acids is 1. The Hall–Kier alpha value is -1.35. The summed E-state index contributed by atoms with van der Waals surface area (Å²) >= 11 is 0. The third-order valence-corrected chi connectivity index (χ3v) is 4.22.